The van der Waals surface area contributed by atoms with Crippen LogP contribution in [-0.4, -0.2) is 59.9 Å². The predicted molar refractivity (Wildman–Crippen MR) is 135 cm³/mol. The van der Waals surface area contributed by atoms with Gasteiger partial charge >= 0.3 is 0 Å². The molecule has 0 atom stereocenters. The summed E-state index contributed by atoms with van der Waals surface area (Å²) < 4.78 is 0. The Morgan fingerprint density at radius 1 is 0.829 bits per heavy atom. The number of nitrogens with zero attached hydrogens (tertiary/aromatic N) is 5. The van der Waals surface area contributed by atoms with Gasteiger partial charge in [-0.1, -0.05) is 17.7 Å². The summed E-state index contributed by atoms with van der Waals surface area (Å²) in [7, 11) is 0. The number of amides is 1. The lowest BCUT2D eigenvalue weighted by molar-refractivity contribution is -0.384. The first kappa shape index (κ1) is 24.5. The second kappa shape index (κ2) is 10.7. The lowest BCUT2D eigenvalue weighted by atomic mass is 10.1. The van der Waals surface area contributed by atoms with Crippen molar-refractivity contribution in [2.45, 2.75) is 19.3 Å². The van der Waals surface area contributed by atoms with E-state index in [-0.39, 0.29) is 27.2 Å². The molecule has 2 aromatic rings. The first-order valence-electron chi connectivity index (χ1n) is 11.5. The lowest BCUT2D eigenvalue weighted by Gasteiger charge is -2.36. The minimum atomic E-state index is -0.560. The zero-order valence-corrected chi connectivity index (χ0v) is 19.9. The third-order valence-corrected chi connectivity index (χ3v) is 6.71. The van der Waals surface area contributed by atoms with Crippen LogP contribution in [0.15, 0.2) is 42.5 Å². The van der Waals surface area contributed by atoms with Gasteiger partial charge in [-0.05, 0) is 49.1 Å². The minimum absolute atomic E-state index is 0.0456. The fourth-order valence-corrected chi connectivity index (χ4v) is 4.67. The van der Waals surface area contributed by atoms with E-state index in [1.54, 1.807) is 29.2 Å². The molecule has 0 radical (unpaired) electrons. The van der Waals surface area contributed by atoms with Crippen molar-refractivity contribution in [1.82, 2.24) is 4.90 Å². The molecule has 0 aromatic heterocycles. The summed E-state index contributed by atoms with van der Waals surface area (Å²) in [6.07, 6.45) is 6.14. The zero-order chi connectivity index (χ0) is 24.9. The number of hydrogen-bond acceptors (Lipinski definition) is 7. The number of nitro groups is 2. The van der Waals surface area contributed by atoms with Crippen LogP contribution in [0.5, 0.6) is 0 Å². The molecule has 2 heterocycles. The third-order valence-electron chi connectivity index (χ3n) is 6.39. The van der Waals surface area contributed by atoms with Gasteiger partial charge in [0.25, 0.3) is 11.4 Å². The van der Waals surface area contributed by atoms with Gasteiger partial charge in [-0.25, -0.2) is 0 Å². The van der Waals surface area contributed by atoms with Gasteiger partial charge < -0.3 is 14.7 Å². The summed E-state index contributed by atoms with van der Waals surface area (Å²) in [6.45, 7) is 3.83. The van der Waals surface area contributed by atoms with Gasteiger partial charge in [0.1, 0.15) is 10.7 Å². The second-order valence-electron chi connectivity index (χ2n) is 8.59. The van der Waals surface area contributed by atoms with Crippen LogP contribution in [0, 0.1) is 20.2 Å². The van der Waals surface area contributed by atoms with E-state index in [1.165, 1.54) is 18.2 Å². The molecule has 184 valence electrons. The third kappa shape index (κ3) is 5.71. The summed E-state index contributed by atoms with van der Waals surface area (Å²) in [6, 6.07) is 9.63. The van der Waals surface area contributed by atoms with Gasteiger partial charge in [0.2, 0.25) is 5.91 Å². The van der Waals surface area contributed by atoms with E-state index < -0.39 is 4.92 Å². The number of carbonyl (C=O) groups excluding carboxylic acids is 1. The molecule has 2 saturated heterocycles. The standard InChI is InChI=1S/C24H26ClN5O5/c25-20-7-4-18(16-22(20)30(34)35)5-9-24(31)28-14-12-26(13-15-28)19-6-8-21(29(32)33)23(17-19)27-10-2-1-3-11-27/h4-9,16-17H,1-3,10-15H2. The van der Waals surface area contributed by atoms with Crippen LogP contribution < -0.4 is 9.80 Å². The molecule has 4 rings (SSSR count). The highest BCUT2D eigenvalue weighted by Gasteiger charge is 2.25. The zero-order valence-electron chi connectivity index (χ0n) is 19.1. The minimum Gasteiger partial charge on any atom is -0.368 e. The second-order valence-corrected chi connectivity index (χ2v) is 9.00. The molecule has 11 heteroatoms. The first-order valence-corrected chi connectivity index (χ1v) is 11.9. The topological polar surface area (TPSA) is 113 Å². The Morgan fingerprint density at radius 2 is 1.51 bits per heavy atom. The quantitative estimate of drug-likeness (QED) is 0.326. The average molecular weight is 500 g/mol. The number of nitro benzene ring substituents is 2. The van der Waals surface area contributed by atoms with Crippen molar-refractivity contribution in [3.63, 3.8) is 0 Å². The van der Waals surface area contributed by atoms with Crippen LogP contribution in [0.25, 0.3) is 6.08 Å². The number of piperidine rings is 1. The molecule has 0 unspecified atom stereocenters. The van der Waals surface area contributed by atoms with Gasteiger partial charge in [0, 0.05) is 63.2 Å². The maximum absolute atomic E-state index is 12.7. The molecular weight excluding hydrogens is 474 g/mol. The van der Waals surface area contributed by atoms with Gasteiger partial charge in [0.05, 0.1) is 9.85 Å². The Balaban J connectivity index is 1.41. The Bertz CT molecular complexity index is 1160. The summed E-state index contributed by atoms with van der Waals surface area (Å²) >= 11 is 5.84. The van der Waals surface area contributed by atoms with Gasteiger partial charge in [-0.15, -0.1) is 0 Å². The van der Waals surface area contributed by atoms with Crippen molar-refractivity contribution < 1.29 is 14.6 Å². The molecule has 0 aliphatic carbocycles. The van der Waals surface area contributed by atoms with Crippen molar-refractivity contribution in [2.24, 2.45) is 0 Å². The Labute approximate surface area is 207 Å². The molecule has 2 aliphatic heterocycles. The van der Waals surface area contributed by atoms with Gasteiger partial charge in [0.15, 0.2) is 0 Å². The number of carbonyl (C=O) groups is 1. The number of hydrogen-bond donors (Lipinski definition) is 0. The normalized spacial score (nSPS) is 16.5. The van der Waals surface area contributed by atoms with Crippen LogP contribution in [0.3, 0.4) is 0 Å². The van der Waals surface area contributed by atoms with Crippen LogP contribution in [0.1, 0.15) is 24.8 Å². The van der Waals surface area contributed by atoms with Crippen molar-refractivity contribution in [1.29, 1.82) is 0 Å². The first-order chi connectivity index (χ1) is 16.8. The number of anilines is 2. The van der Waals surface area contributed by atoms with Crippen LogP contribution in [0.4, 0.5) is 22.7 Å². The molecule has 2 aromatic carbocycles. The molecule has 10 nitrogen and oxygen atoms in total. The van der Waals surface area contributed by atoms with Crippen LogP contribution in [-0.2, 0) is 4.79 Å². The summed E-state index contributed by atoms with van der Waals surface area (Å²) in [4.78, 5) is 40.3. The van der Waals surface area contributed by atoms with Crippen molar-refractivity contribution in [2.75, 3.05) is 49.1 Å². The molecule has 0 N–H and O–H groups in total. The highest BCUT2D eigenvalue weighted by molar-refractivity contribution is 6.32. The largest absolute Gasteiger partial charge is 0.368 e. The molecule has 35 heavy (non-hydrogen) atoms. The van der Waals surface area contributed by atoms with Crippen molar-refractivity contribution in [3.8, 4) is 0 Å². The van der Waals surface area contributed by atoms with Crippen LogP contribution in [0.2, 0.25) is 5.02 Å². The molecule has 2 fully saturated rings. The molecule has 2 aliphatic rings. The summed E-state index contributed by atoms with van der Waals surface area (Å²) in [5, 5.41) is 22.7. The number of piperazine rings is 1. The van der Waals surface area contributed by atoms with Crippen molar-refractivity contribution >= 4 is 46.3 Å². The van der Waals surface area contributed by atoms with Gasteiger partial charge in [-0.3, -0.25) is 25.0 Å². The molecule has 0 spiro atoms. The molecule has 0 saturated carbocycles. The predicted octanol–water partition coefficient (Wildman–Crippen LogP) is 4.51. The monoisotopic (exact) mass is 499 g/mol. The number of rotatable bonds is 6. The molecule has 1 amide bonds. The van der Waals surface area contributed by atoms with E-state index in [4.69, 9.17) is 11.6 Å². The molecular formula is C24H26ClN5O5. The van der Waals surface area contributed by atoms with E-state index in [9.17, 15) is 25.0 Å². The maximum atomic E-state index is 12.7. The lowest BCUT2D eigenvalue weighted by Crippen LogP contribution is -2.48. The number of benzene rings is 2. The molecule has 0 bridgehead atoms. The SMILES string of the molecule is O=C(C=Cc1ccc(Cl)c([N+](=O)[O-])c1)N1CCN(c2ccc([N+](=O)[O-])c(N3CCCCC3)c2)CC1. The Hall–Kier alpha value is -3.66. The van der Waals surface area contributed by atoms with E-state index in [2.05, 4.69) is 9.80 Å². The van der Waals surface area contributed by atoms with E-state index in [1.807, 2.05) is 6.07 Å². The highest BCUT2D eigenvalue weighted by atomic mass is 35.5. The highest BCUT2D eigenvalue weighted by Crippen LogP contribution is 2.34. The smallest absolute Gasteiger partial charge is 0.292 e. The van der Waals surface area contributed by atoms with Gasteiger partial charge in [-0.2, -0.15) is 0 Å². The van der Waals surface area contributed by atoms with E-state index in [0.29, 0.717) is 37.4 Å². The average Bonchev–Trinajstić information content (AvgIpc) is 2.88. The van der Waals surface area contributed by atoms with Crippen molar-refractivity contribution in [3.05, 3.63) is 73.3 Å². The number of halogens is 1. The maximum Gasteiger partial charge on any atom is 0.292 e. The van der Waals surface area contributed by atoms with Crippen LogP contribution >= 0.6 is 11.6 Å². The fraction of sp³-hybridized carbons (Fsp3) is 0.375. The Morgan fingerprint density at radius 3 is 2.17 bits per heavy atom. The van der Waals surface area contributed by atoms with E-state index in [0.717, 1.165) is 38.0 Å². The fourth-order valence-electron chi connectivity index (χ4n) is 4.48. The van der Waals surface area contributed by atoms with E-state index >= 15 is 0 Å². The Kier molecular flexibility index (Phi) is 7.50. The summed E-state index contributed by atoms with van der Waals surface area (Å²) in [5.41, 5.74) is 2.00. The summed E-state index contributed by atoms with van der Waals surface area (Å²) in [5.74, 6) is -0.181.